The van der Waals surface area contributed by atoms with Gasteiger partial charge in [-0.05, 0) is 12.1 Å². The van der Waals surface area contributed by atoms with Crippen LogP contribution in [0.3, 0.4) is 0 Å². The summed E-state index contributed by atoms with van der Waals surface area (Å²) in [6.45, 7) is 2.43. The number of hydrogen-bond donors (Lipinski definition) is 2. The molecule has 102 valence electrons. The zero-order chi connectivity index (χ0) is 13.7. The second kappa shape index (κ2) is 6.14. The number of nitrogens with one attached hydrogen (secondary N) is 2. The van der Waals surface area contributed by atoms with E-state index in [4.69, 9.17) is 4.74 Å². The number of nitrogens with zero attached hydrogens (tertiary/aromatic N) is 1. The third-order valence-electron chi connectivity index (χ3n) is 2.87. The molecule has 2 N–H and O–H groups in total. The van der Waals surface area contributed by atoms with Crippen LogP contribution < -0.4 is 15.4 Å². The maximum atomic E-state index is 11.5. The highest BCUT2D eigenvalue weighted by atomic mass is 16.6. The van der Waals surface area contributed by atoms with Crippen LogP contribution in [0.15, 0.2) is 24.3 Å². The van der Waals surface area contributed by atoms with Crippen molar-refractivity contribution in [3.63, 3.8) is 0 Å². The van der Waals surface area contributed by atoms with Gasteiger partial charge in [0.15, 0.2) is 6.61 Å². The lowest BCUT2D eigenvalue weighted by Gasteiger charge is -2.27. The molecule has 1 amide bonds. The highest BCUT2D eigenvalue weighted by molar-refractivity contribution is 5.77. The first-order valence-electron chi connectivity index (χ1n) is 6.00. The zero-order valence-corrected chi connectivity index (χ0v) is 10.3. The highest BCUT2D eigenvalue weighted by Crippen LogP contribution is 2.17. The minimum Gasteiger partial charge on any atom is -0.484 e. The summed E-state index contributed by atoms with van der Waals surface area (Å²) in [6, 6.07) is 5.63. The Balaban J connectivity index is 1.71. The summed E-state index contributed by atoms with van der Waals surface area (Å²) in [6.07, 6.45) is 0. The van der Waals surface area contributed by atoms with E-state index >= 15 is 0 Å². The molecule has 0 saturated carbocycles. The van der Waals surface area contributed by atoms with Crippen molar-refractivity contribution in [1.82, 2.24) is 10.6 Å². The Kier molecular flexibility index (Phi) is 4.30. The zero-order valence-electron chi connectivity index (χ0n) is 10.3. The number of benzene rings is 1. The van der Waals surface area contributed by atoms with Gasteiger partial charge in [-0.3, -0.25) is 14.9 Å². The summed E-state index contributed by atoms with van der Waals surface area (Å²) in [5, 5.41) is 16.3. The van der Waals surface area contributed by atoms with Crippen molar-refractivity contribution in [2.45, 2.75) is 0 Å². The molecule has 19 heavy (non-hydrogen) atoms. The number of ether oxygens (including phenoxy) is 1. The molecule has 0 unspecified atom stereocenters. The van der Waals surface area contributed by atoms with Gasteiger partial charge >= 0.3 is 0 Å². The predicted octanol–water partition coefficient (Wildman–Crippen LogP) is 0.309. The molecular weight excluding hydrogens is 250 g/mol. The molecule has 0 bridgehead atoms. The maximum Gasteiger partial charge on any atom is 0.269 e. The fraction of sp³-hybridized carbons (Fsp3) is 0.417. The smallest absolute Gasteiger partial charge is 0.269 e. The monoisotopic (exact) mass is 265 g/mol. The Hall–Kier alpha value is -2.15. The number of nitro benzene ring substituents is 1. The number of carbonyl (C=O) groups is 1. The van der Waals surface area contributed by atoms with Gasteiger partial charge in [0.1, 0.15) is 5.75 Å². The van der Waals surface area contributed by atoms with Gasteiger partial charge in [-0.25, -0.2) is 0 Å². The number of rotatable bonds is 6. The summed E-state index contributed by atoms with van der Waals surface area (Å²) in [4.78, 5) is 21.4. The molecule has 1 aromatic rings. The van der Waals surface area contributed by atoms with E-state index in [0.29, 0.717) is 18.2 Å². The summed E-state index contributed by atoms with van der Waals surface area (Å²) < 4.78 is 5.24. The van der Waals surface area contributed by atoms with E-state index in [1.807, 2.05) is 0 Å². The van der Waals surface area contributed by atoms with E-state index in [0.717, 1.165) is 13.1 Å². The summed E-state index contributed by atoms with van der Waals surface area (Å²) in [5.74, 6) is 0.750. The van der Waals surface area contributed by atoms with Crippen LogP contribution in [0, 0.1) is 16.0 Å². The number of hydrogen-bond acceptors (Lipinski definition) is 5. The summed E-state index contributed by atoms with van der Waals surface area (Å²) in [5.41, 5.74) is -0.00529. The predicted molar refractivity (Wildman–Crippen MR) is 68.0 cm³/mol. The molecule has 2 rings (SSSR count). The SMILES string of the molecule is O=C(COc1ccc([N+](=O)[O-])cc1)NCC1CNC1. The lowest BCUT2D eigenvalue weighted by atomic mass is 10.0. The van der Waals surface area contributed by atoms with Crippen LogP contribution in [-0.2, 0) is 4.79 Å². The Labute approximate surface area is 110 Å². The van der Waals surface area contributed by atoms with Gasteiger partial charge in [0, 0.05) is 37.7 Å². The Bertz CT molecular complexity index is 457. The largest absolute Gasteiger partial charge is 0.484 e. The summed E-state index contributed by atoms with van der Waals surface area (Å²) in [7, 11) is 0. The Morgan fingerprint density at radius 1 is 1.42 bits per heavy atom. The molecule has 1 aliphatic heterocycles. The minimum atomic E-state index is -0.483. The number of non-ortho nitro benzene ring substituents is 1. The molecular formula is C12H15N3O4. The fourth-order valence-electron chi connectivity index (χ4n) is 1.61. The van der Waals surface area contributed by atoms with Crippen LogP contribution in [0.2, 0.25) is 0 Å². The second-order valence-electron chi connectivity index (χ2n) is 4.37. The average molecular weight is 265 g/mol. The second-order valence-corrected chi connectivity index (χ2v) is 4.37. The van der Waals surface area contributed by atoms with Gasteiger partial charge < -0.3 is 15.4 Å². The molecule has 1 aliphatic rings. The van der Waals surface area contributed by atoms with Crippen molar-refractivity contribution in [1.29, 1.82) is 0 Å². The van der Waals surface area contributed by atoms with E-state index in [-0.39, 0.29) is 18.2 Å². The highest BCUT2D eigenvalue weighted by Gasteiger charge is 2.17. The number of carbonyl (C=O) groups excluding carboxylic acids is 1. The molecule has 1 heterocycles. The molecule has 1 aromatic carbocycles. The normalized spacial score (nSPS) is 14.5. The van der Waals surface area contributed by atoms with Crippen LogP contribution in [0.25, 0.3) is 0 Å². The van der Waals surface area contributed by atoms with Gasteiger partial charge in [0.05, 0.1) is 4.92 Å². The van der Waals surface area contributed by atoms with Gasteiger partial charge in [0.2, 0.25) is 0 Å². The molecule has 7 nitrogen and oxygen atoms in total. The van der Waals surface area contributed by atoms with Crippen molar-refractivity contribution in [2.24, 2.45) is 5.92 Å². The number of nitro groups is 1. The first-order valence-corrected chi connectivity index (χ1v) is 6.00. The Morgan fingerprint density at radius 3 is 2.63 bits per heavy atom. The van der Waals surface area contributed by atoms with Crippen molar-refractivity contribution in [2.75, 3.05) is 26.2 Å². The van der Waals surface area contributed by atoms with Gasteiger partial charge in [0.25, 0.3) is 11.6 Å². The van der Waals surface area contributed by atoms with Gasteiger partial charge in [-0.2, -0.15) is 0 Å². The topological polar surface area (TPSA) is 93.5 Å². The van der Waals surface area contributed by atoms with E-state index in [9.17, 15) is 14.9 Å². The van der Waals surface area contributed by atoms with Crippen LogP contribution in [0.4, 0.5) is 5.69 Å². The van der Waals surface area contributed by atoms with Crippen molar-refractivity contribution in [3.05, 3.63) is 34.4 Å². The molecule has 0 aliphatic carbocycles. The fourth-order valence-corrected chi connectivity index (χ4v) is 1.61. The van der Waals surface area contributed by atoms with Crippen LogP contribution >= 0.6 is 0 Å². The van der Waals surface area contributed by atoms with Gasteiger partial charge in [-0.1, -0.05) is 0 Å². The standard InChI is InChI=1S/C12H15N3O4/c16-12(14-7-9-5-13-6-9)8-19-11-3-1-10(2-4-11)15(17)18/h1-4,9,13H,5-8H2,(H,14,16). The van der Waals surface area contributed by atoms with Crippen molar-refractivity contribution < 1.29 is 14.5 Å². The lowest BCUT2D eigenvalue weighted by Crippen LogP contribution is -2.48. The third kappa shape index (κ3) is 3.92. The third-order valence-corrected chi connectivity index (χ3v) is 2.87. The first kappa shape index (κ1) is 13.3. The van der Waals surface area contributed by atoms with Crippen LogP contribution in [-0.4, -0.2) is 37.1 Å². The number of amides is 1. The molecule has 0 radical (unpaired) electrons. The molecule has 0 spiro atoms. The quantitative estimate of drug-likeness (QED) is 0.570. The minimum absolute atomic E-state index is 0.00529. The lowest BCUT2D eigenvalue weighted by molar-refractivity contribution is -0.384. The Morgan fingerprint density at radius 2 is 2.11 bits per heavy atom. The van der Waals surface area contributed by atoms with Crippen LogP contribution in [0.5, 0.6) is 5.75 Å². The molecule has 0 aromatic heterocycles. The van der Waals surface area contributed by atoms with Crippen molar-refractivity contribution >= 4 is 11.6 Å². The van der Waals surface area contributed by atoms with Crippen molar-refractivity contribution in [3.8, 4) is 5.75 Å². The van der Waals surface area contributed by atoms with E-state index in [1.165, 1.54) is 24.3 Å². The summed E-state index contributed by atoms with van der Waals surface area (Å²) >= 11 is 0. The van der Waals surface area contributed by atoms with E-state index in [2.05, 4.69) is 10.6 Å². The average Bonchev–Trinajstić information content (AvgIpc) is 2.35. The van der Waals surface area contributed by atoms with Crippen LogP contribution in [0.1, 0.15) is 0 Å². The molecule has 1 fully saturated rings. The van der Waals surface area contributed by atoms with E-state index < -0.39 is 4.92 Å². The molecule has 1 saturated heterocycles. The van der Waals surface area contributed by atoms with Gasteiger partial charge in [-0.15, -0.1) is 0 Å². The van der Waals surface area contributed by atoms with E-state index in [1.54, 1.807) is 0 Å². The molecule has 7 heteroatoms. The molecule has 0 atom stereocenters. The maximum absolute atomic E-state index is 11.5. The first-order chi connectivity index (χ1) is 9.15.